The Labute approximate surface area is 108 Å². The summed E-state index contributed by atoms with van der Waals surface area (Å²) < 4.78 is 0. The monoisotopic (exact) mass is 252 g/mol. The standard InChI is InChI=1S/C13H20N2O3/c1-4-6-13(11(16)17)7-8-15(9-13)12(18)14-10(3)5-2/h2,10H,4,6-9H2,1,3H3,(H,14,18)(H,16,17). The summed E-state index contributed by atoms with van der Waals surface area (Å²) in [6.45, 7) is 4.40. The Bertz CT molecular complexity index is 375. The highest BCUT2D eigenvalue weighted by Crippen LogP contribution is 2.35. The van der Waals surface area contributed by atoms with Gasteiger partial charge in [0.15, 0.2) is 0 Å². The van der Waals surface area contributed by atoms with Crippen LogP contribution in [-0.4, -0.2) is 41.1 Å². The number of amides is 2. The maximum Gasteiger partial charge on any atom is 0.318 e. The molecule has 2 amide bonds. The average Bonchev–Trinajstić information content (AvgIpc) is 2.75. The first-order chi connectivity index (χ1) is 8.45. The molecular weight excluding hydrogens is 232 g/mol. The molecule has 0 aromatic heterocycles. The van der Waals surface area contributed by atoms with Crippen LogP contribution in [0.2, 0.25) is 0 Å². The fraction of sp³-hybridized carbons (Fsp3) is 0.692. The molecule has 0 aliphatic carbocycles. The van der Waals surface area contributed by atoms with E-state index in [2.05, 4.69) is 11.2 Å². The van der Waals surface area contributed by atoms with Crippen LogP contribution >= 0.6 is 0 Å². The fourth-order valence-corrected chi connectivity index (χ4v) is 2.33. The summed E-state index contributed by atoms with van der Waals surface area (Å²) in [5, 5.41) is 12.0. The van der Waals surface area contributed by atoms with E-state index in [9.17, 15) is 14.7 Å². The van der Waals surface area contributed by atoms with E-state index in [1.54, 1.807) is 6.92 Å². The van der Waals surface area contributed by atoms with Crippen LogP contribution in [0.4, 0.5) is 4.79 Å². The van der Waals surface area contributed by atoms with Crippen LogP contribution in [0.1, 0.15) is 33.1 Å². The molecule has 0 aromatic rings. The van der Waals surface area contributed by atoms with Gasteiger partial charge in [0.2, 0.25) is 0 Å². The third-order valence-corrected chi connectivity index (χ3v) is 3.41. The molecule has 0 aromatic carbocycles. The summed E-state index contributed by atoms with van der Waals surface area (Å²) in [6.07, 6.45) is 7.09. The lowest BCUT2D eigenvalue weighted by molar-refractivity contribution is -0.148. The SMILES string of the molecule is C#CC(C)NC(=O)N1CCC(CCC)(C(=O)O)C1. The van der Waals surface area contributed by atoms with Gasteiger partial charge in [0.25, 0.3) is 0 Å². The number of terminal acetylenes is 1. The number of carbonyl (C=O) groups excluding carboxylic acids is 1. The number of nitrogens with one attached hydrogen (secondary N) is 1. The van der Waals surface area contributed by atoms with Crippen molar-refractivity contribution in [2.45, 2.75) is 39.2 Å². The van der Waals surface area contributed by atoms with Crippen molar-refractivity contribution in [3.05, 3.63) is 0 Å². The van der Waals surface area contributed by atoms with Crippen molar-refractivity contribution < 1.29 is 14.7 Å². The highest BCUT2D eigenvalue weighted by atomic mass is 16.4. The van der Waals surface area contributed by atoms with Gasteiger partial charge in [-0.1, -0.05) is 19.3 Å². The zero-order chi connectivity index (χ0) is 13.8. The van der Waals surface area contributed by atoms with Crippen LogP contribution < -0.4 is 5.32 Å². The Balaban J connectivity index is 2.67. The second kappa shape index (κ2) is 5.76. The number of hydrogen-bond acceptors (Lipinski definition) is 2. The Morgan fingerprint density at radius 3 is 2.78 bits per heavy atom. The Hall–Kier alpha value is -1.70. The second-order valence-electron chi connectivity index (χ2n) is 4.84. The summed E-state index contributed by atoms with van der Waals surface area (Å²) in [5.74, 6) is 1.60. The number of carbonyl (C=O) groups is 2. The van der Waals surface area contributed by atoms with E-state index in [0.29, 0.717) is 19.4 Å². The number of urea groups is 1. The van der Waals surface area contributed by atoms with Gasteiger partial charge >= 0.3 is 12.0 Å². The van der Waals surface area contributed by atoms with E-state index in [1.165, 1.54) is 4.90 Å². The summed E-state index contributed by atoms with van der Waals surface area (Å²) in [7, 11) is 0. The number of aliphatic carboxylic acids is 1. The molecule has 0 saturated carbocycles. The molecule has 5 nitrogen and oxygen atoms in total. The van der Waals surface area contributed by atoms with Crippen molar-refractivity contribution in [3.8, 4) is 12.3 Å². The fourth-order valence-electron chi connectivity index (χ4n) is 2.33. The average molecular weight is 252 g/mol. The van der Waals surface area contributed by atoms with E-state index in [4.69, 9.17) is 6.42 Å². The molecule has 1 rings (SSSR count). The topological polar surface area (TPSA) is 69.6 Å². The predicted octanol–water partition coefficient (Wildman–Crippen LogP) is 1.29. The van der Waals surface area contributed by atoms with E-state index in [0.717, 1.165) is 6.42 Å². The van der Waals surface area contributed by atoms with Gasteiger partial charge in [0.1, 0.15) is 0 Å². The van der Waals surface area contributed by atoms with E-state index in [1.807, 2.05) is 6.92 Å². The summed E-state index contributed by atoms with van der Waals surface area (Å²) in [5.41, 5.74) is -0.786. The Kier molecular flexibility index (Phi) is 4.60. The minimum Gasteiger partial charge on any atom is -0.481 e. The summed E-state index contributed by atoms with van der Waals surface area (Å²) in [4.78, 5) is 24.8. The molecule has 2 N–H and O–H groups in total. The van der Waals surface area contributed by atoms with Crippen molar-refractivity contribution >= 4 is 12.0 Å². The predicted molar refractivity (Wildman–Crippen MR) is 68.0 cm³/mol. The molecule has 1 heterocycles. The van der Waals surface area contributed by atoms with Gasteiger partial charge in [-0.25, -0.2) is 4.79 Å². The molecule has 100 valence electrons. The molecule has 18 heavy (non-hydrogen) atoms. The maximum absolute atomic E-state index is 11.9. The van der Waals surface area contributed by atoms with E-state index < -0.39 is 11.4 Å². The molecular formula is C13H20N2O3. The number of likely N-dealkylation sites (tertiary alicyclic amines) is 1. The number of carboxylic acids is 1. The van der Waals surface area contributed by atoms with Crippen molar-refractivity contribution in [2.75, 3.05) is 13.1 Å². The van der Waals surface area contributed by atoms with Gasteiger partial charge in [-0.3, -0.25) is 4.79 Å². The molecule has 2 unspecified atom stereocenters. The maximum atomic E-state index is 11.9. The van der Waals surface area contributed by atoms with Crippen LogP contribution in [0.15, 0.2) is 0 Å². The minimum atomic E-state index is -0.815. The van der Waals surface area contributed by atoms with Gasteiger partial charge in [-0.15, -0.1) is 6.42 Å². The molecule has 1 fully saturated rings. The van der Waals surface area contributed by atoms with E-state index in [-0.39, 0.29) is 18.6 Å². The first-order valence-electron chi connectivity index (χ1n) is 6.20. The molecule has 5 heteroatoms. The van der Waals surface area contributed by atoms with E-state index >= 15 is 0 Å². The number of carboxylic acid groups (broad SMARTS) is 1. The number of rotatable bonds is 4. The molecule has 1 aliphatic rings. The number of nitrogens with zero attached hydrogens (tertiary/aromatic N) is 1. The van der Waals surface area contributed by atoms with Crippen LogP contribution in [0.5, 0.6) is 0 Å². The van der Waals surface area contributed by atoms with Crippen LogP contribution in [0.3, 0.4) is 0 Å². The third kappa shape index (κ3) is 2.95. The number of hydrogen-bond donors (Lipinski definition) is 2. The normalized spacial score (nSPS) is 24.4. The second-order valence-corrected chi connectivity index (χ2v) is 4.84. The molecule has 0 radical (unpaired) electrons. The van der Waals surface area contributed by atoms with Crippen molar-refractivity contribution in [1.82, 2.24) is 10.2 Å². The van der Waals surface area contributed by atoms with Crippen LogP contribution in [-0.2, 0) is 4.79 Å². The zero-order valence-electron chi connectivity index (χ0n) is 10.9. The molecule has 0 bridgehead atoms. The molecule has 1 aliphatic heterocycles. The quantitative estimate of drug-likeness (QED) is 0.741. The Morgan fingerprint density at radius 2 is 2.28 bits per heavy atom. The Morgan fingerprint density at radius 1 is 1.61 bits per heavy atom. The molecule has 1 saturated heterocycles. The lowest BCUT2D eigenvalue weighted by Crippen LogP contribution is -2.44. The zero-order valence-corrected chi connectivity index (χ0v) is 10.9. The molecule has 0 spiro atoms. The van der Waals surface area contributed by atoms with Gasteiger partial charge in [0, 0.05) is 13.1 Å². The largest absolute Gasteiger partial charge is 0.481 e. The third-order valence-electron chi connectivity index (χ3n) is 3.41. The van der Waals surface area contributed by atoms with Crippen LogP contribution in [0.25, 0.3) is 0 Å². The van der Waals surface area contributed by atoms with Gasteiger partial charge < -0.3 is 15.3 Å². The highest BCUT2D eigenvalue weighted by molar-refractivity contribution is 5.80. The molecule has 2 atom stereocenters. The highest BCUT2D eigenvalue weighted by Gasteiger charge is 2.45. The van der Waals surface area contributed by atoms with Gasteiger partial charge in [-0.2, -0.15) is 0 Å². The lowest BCUT2D eigenvalue weighted by Gasteiger charge is -2.24. The summed E-state index contributed by atoms with van der Waals surface area (Å²) >= 11 is 0. The van der Waals surface area contributed by atoms with Crippen LogP contribution in [0, 0.1) is 17.8 Å². The first kappa shape index (κ1) is 14.4. The summed E-state index contributed by atoms with van der Waals surface area (Å²) in [6, 6.07) is -0.622. The van der Waals surface area contributed by atoms with Gasteiger partial charge in [-0.05, 0) is 19.8 Å². The smallest absolute Gasteiger partial charge is 0.318 e. The van der Waals surface area contributed by atoms with Crippen molar-refractivity contribution in [2.24, 2.45) is 5.41 Å². The first-order valence-corrected chi connectivity index (χ1v) is 6.20. The van der Waals surface area contributed by atoms with Crippen molar-refractivity contribution in [1.29, 1.82) is 0 Å². The van der Waals surface area contributed by atoms with Gasteiger partial charge in [0.05, 0.1) is 11.5 Å². The lowest BCUT2D eigenvalue weighted by atomic mass is 9.83. The minimum absolute atomic E-state index is 0.263. The van der Waals surface area contributed by atoms with Crippen molar-refractivity contribution in [3.63, 3.8) is 0 Å².